The summed E-state index contributed by atoms with van der Waals surface area (Å²) in [5, 5.41) is 9.32. The monoisotopic (exact) mass is 520 g/mol. The van der Waals surface area contributed by atoms with Crippen molar-refractivity contribution in [2.45, 2.75) is 39.7 Å². The Kier molecular flexibility index (Phi) is 7.10. The van der Waals surface area contributed by atoms with Gasteiger partial charge in [-0.15, -0.1) is 0 Å². The average molecular weight is 521 g/mol. The molecule has 0 amide bonds. The molecular weight excluding hydrogens is 498 g/mol. The fourth-order valence-corrected chi connectivity index (χ4v) is 4.02. The predicted molar refractivity (Wildman–Crippen MR) is 137 cm³/mol. The minimum absolute atomic E-state index is 0.0595. The molecule has 0 radical (unpaired) electrons. The third kappa shape index (κ3) is 5.23. The van der Waals surface area contributed by atoms with Gasteiger partial charge in [-0.25, -0.2) is 8.78 Å². The average Bonchev–Trinajstić information content (AvgIpc) is 2.87. The van der Waals surface area contributed by atoms with E-state index in [1.165, 1.54) is 4.57 Å². The van der Waals surface area contributed by atoms with Crippen LogP contribution >= 0.6 is 11.6 Å². The zero-order valence-corrected chi connectivity index (χ0v) is 21.4. The summed E-state index contributed by atoms with van der Waals surface area (Å²) < 4.78 is 34.1. The number of aromatic nitrogens is 3. The van der Waals surface area contributed by atoms with Gasteiger partial charge in [-0.05, 0) is 51.0 Å². The Hall–Kier alpha value is -4.09. The summed E-state index contributed by atoms with van der Waals surface area (Å²) in [5.41, 5.74) is 2.80. The van der Waals surface area contributed by atoms with Gasteiger partial charge in [-0.1, -0.05) is 29.8 Å². The molecule has 9 heteroatoms. The second kappa shape index (κ2) is 10.1. The molecule has 37 heavy (non-hydrogen) atoms. The van der Waals surface area contributed by atoms with Crippen LogP contribution in [0.4, 0.5) is 8.78 Å². The maximum Gasteiger partial charge on any atom is 0.277 e. The Morgan fingerprint density at radius 3 is 2.57 bits per heavy atom. The standard InChI is InChI=1S/C28H23ClF2N4O2/c1-16-12-33-22(18-6-5-7-19(9-18)28(3,4)15-32)11-24(16)35-17(2)8-25(26(29)27(35)36)37-14-23-21(31)10-20(30)13-34-23/h5-13H,14H2,1-4H3. The van der Waals surface area contributed by atoms with Gasteiger partial charge in [-0.3, -0.25) is 19.3 Å². The number of pyridine rings is 3. The molecule has 3 heterocycles. The number of aryl methyl sites for hydroxylation is 2. The molecule has 188 valence electrons. The normalized spacial score (nSPS) is 11.3. The van der Waals surface area contributed by atoms with Gasteiger partial charge in [0.15, 0.2) is 5.82 Å². The van der Waals surface area contributed by atoms with Gasteiger partial charge in [-0.2, -0.15) is 5.26 Å². The van der Waals surface area contributed by atoms with E-state index in [-0.39, 0.29) is 23.1 Å². The molecule has 0 fully saturated rings. The summed E-state index contributed by atoms with van der Waals surface area (Å²) in [6.45, 7) is 6.90. The molecule has 0 aliphatic heterocycles. The molecular formula is C28H23ClF2N4O2. The van der Waals surface area contributed by atoms with Crippen LogP contribution < -0.4 is 10.3 Å². The number of benzene rings is 1. The Balaban J connectivity index is 1.72. The first-order valence-corrected chi connectivity index (χ1v) is 11.7. The van der Waals surface area contributed by atoms with Gasteiger partial charge in [0.25, 0.3) is 5.56 Å². The van der Waals surface area contributed by atoms with Gasteiger partial charge in [0.2, 0.25) is 0 Å². The van der Waals surface area contributed by atoms with E-state index < -0.39 is 22.6 Å². The van der Waals surface area contributed by atoms with E-state index in [9.17, 15) is 18.8 Å². The van der Waals surface area contributed by atoms with Gasteiger partial charge in [0, 0.05) is 29.6 Å². The molecule has 4 rings (SSSR count). The molecule has 0 unspecified atom stereocenters. The van der Waals surface area contributed by atoms with Crippen molar-refractivity contribution in [2.75, 3.05) is 0 Å². The lowest BCUT2D eigenvalue weighted by atomic mass is 9.85. The van der Waals surface area contributed by atoms with Crippen LogP contribution in [0.2, 0.25) is 5.02 Å². The summed E-state index contributed by atoms with van der Waals surface area (Å²) in [6.07, 6.45) is 2.55. The fourth-order valence-electron chi connectivity index (χ4n) is 3.82. The van der Waals surface area contributed by atoms with Crippen molar-refractivity contribution in [1.29, 1.82) is 5.26 Å². The third-order valence-electron chi connectivity index (χ3n) is 6.02. The van der Waals surface area contributed by atoms with Crippen LogP contribution in [-0.4, -0.2) is 14.5 Å². The lowest BCUT2D eigenvalue weighted by Gasteiger charge is -2.18. The summed E-state index contributed by atoms with van der Waals surface area (Å²) in [4.78, 5) is 21.5. The number of nitriles is 1. The second-order valence-corrected chi connectivity index (χ2v) is 9.53. The van der Waals surface area contributed by atoms with Gasteiger partial charge >= 0.3 is 0 Å². The van der Waals surface area contributed by atoms with Crippen molar-refractivity contribution in [3.63, 3.8) is 0 Å². The molecule has 1 aromatic carbocycles. The largest absolute Gasteiger partial charge is 0.485 e. The van der Waals surface area contributed by atoms with E-state index in [4.69, 9.17) is 16.3 Å². The Labute approximate surface area is 217 Å². The van der Waals surface area contributed by atoms with Crippen molar-refractivity contribution in [3.05, 3.63) is 104 Å². The Bertz CT molecular complexity index is 1610. The molecule has 0 aliphatic rings. The number of rotatable bonds is 6. The highest BCUT2D eigenvalue weighted by atomic mass is 35.5. The molecule has 0 atom stereocenters. The third-order valence-corrected chi connectivity index (χ3v) is 6.37. The number of hydrogen-bond donors (Lipinski definition) is 0. The topological polar surface area (TPSA) is 80.8 Å². The smallest absolute Gasteiger partial charge is 0.277 e. The molecule has 3 aromatic heterocycles. The molecule has 6 nitrogen and oxygen atoms in total. The van der Waals surface area contributed by atoms with E-state index in [1.807, 2.05) is 45.0 Å². The van der Waals surface area contributed by atoms with Crippen LogP contribution in [-0.2, 0) is 12.0 Å². The first-order chi connectivity index (χ1) is 17.5. The van der Waals surface area contributed by atoms with Crippen molar-refractivity contribution < 1.29 is 13.5 Å². The molecule has 0 aliphatic carbocycles. The Morgan fingerprint density at radius 2 is 1.86 bits per heavy atom. The lowest BCUT2D eigenvalue weighted by Crippen LogP contribution is -2.23. The zero-order chi connectivity index (χ0) is 26.9. The molecule has 0 N–H and O–H groups in total. The minimum atomic E-state index is -0.858. The van der Waals surface area contributed by atoms with E-state index in [1.54, 1.807) is 25.3 Å². The zero-order valence-electron chi connectivity index (χ0n) is 20.6. The minimum Gasteiger partial charge on any atom is -0.485 e. The van der Waals surface area contributed by atoms with Crippen molar-refractivity contribution in [3.8, 4) is 28.8 Å². The van der Waals surface area contributed by atoms with Gasteiger partial charge in [0.1, 0.15) is 28.9 Å². The first-order valence-electron chi connectivity index (χ1n) is 11.4. The van der Waals surface area contributed by atoms with Crippen LogP contribution in [0.5, 0.6) is 5.75 Å². The fraction of sp³-hybridized carbons (Fsp3) is 0.214. The lowest BCUT2D eigenvalue weighted by molar-refractivity contribution is 0.292. The molecule has 0 bridgehead atoms. The summed E-state index contributed by atoms with van der Waals surface area (Å²) >= 11 is 6.37. The van der Waals surface area contributed by atoms with Crippen LogP contribution in [0.25, 0.3) is 16.9 Å². The van der Waals surface area contributed by atoms with Gasteiger partial charge in [0.05, 0.1) is 29.1 Å². The van der Waals surface area contributed by atoms with Crippen molar-refractivity contribution >= 4 is 11.6 Å². The van der Waals surface area contributed by atoms with Crippen LogP contribution in [0.15, 0.2) is 59.7 Å². The van der Waals surface area contributed by atoms with Crippen molar-refractivity contribution in [2.24, 2.45) is 0 Å². The summed E-state index contributed by atoms with van der Waals surface area (Å²) in [7, 11) is 0. The van der Waals surface area contributed by atoms with E-state index in [0.717, 1.165) is 22.9 Å². The molecule has 0 saturated heterocycles. The highest BCUT2D eigenvalue weighted by molar-refractivity contribution is 6.31. The van der Waals surface area contributed by atoms with Gasteiger partial charge < -0.3 is 4.74 Å². The van der Waals surface area contributed by atoms with Crippen LogP contribution in [0, 0.1) is 36.8 Å². The predicted octanol–water partition coefficient (Wildman–Crippen LogP) is 6.22. The summed E-state index contributed by atoms with van der Waals surface area (Å²) in [5.74, 6) is -1.60. The first kappa shape index (κ1) is 26.0. The molecule has 0 spiro atoms. The number of ether oxygens (including phenoxy) is 1. The Morgan fingerprint density at radius 1 is 1.11 bits per heavy atom. The maximum absolute atomic E-state index is 13.9. The number of hydrogen-bond acceptors (Lipinski definition) is 5. The summed E-state index contributed by atoms with van der Waals surface area (Å²) in [6, 6.07) is 13.9. The van der Waals surface area contributed by atoms with E-state index >= 15 is 0 Å². The van der Waals surface area contributed by atoms with E-state index in [0.29, 0.717) is 23.1 Å². The highest BCUT2D eigenvalue weighted by Crippen LogP contribution is 2.30. The second-order valence-electron chi connectivity index (χ2n) is 9.15. The van der Waals surface area contributed by atoms with Crippen LogP contribution in [0.1, 0.15) is 36.4 Å². The SMILES string of the molecule is Cc1cnc(-c2cccc(C(C)(C)C#N)c2)cc1-n1c(C)cc(OCc2ncc(F)cc2F)c(Cl)c1=O. The van der Waals surface area contributed by atoms with Crippen molar-refractivity contribution in [1.82, 2.24) is 14.5 Å². The molecule has 4 aromatic rings. The van der Waals surface area contributed by atoms with Crippen LogP contribution in [0.3, 0.4) is 0 Å². The quantitative estimate of drug-likeness (QED) is 0.301. The number of halogens is 3. The highest BCUT2D eigenvalue weighted by Gasteiger charge is 2.21. The van der Waals surface area contributed by atoms with E-state index in [2.05, 4.69) is 16.0 Å². The molecule has 0 saturated carbocycles. The maximum atomic E-state index is 13.9. The number of nitrogens with zero attached hydrogens (tertiary/aromatic N) is 4.